The molecule has 0 spiro atoms. The fourth-order valence-corrected chi connectivity index (χ4v) is 5.18. The van der Waals surface area contributed by atoms with Crippen molar-refractivity contribution in [2.45, 2.75) is 29.2 Å². The molecule has 2 aliphatic heterocycles. The summed E-state index contributed by atoms with van der Waals surface area (Å²) in [7, 11) is 0. The Labute approximate surface area is 183 Å². The van der Waals surface area contributed by atoms with Gasteiger partial charge in [-0.2, -0.15) is 0 Å². The van der Waals surface area contributed by atoms with Crippen LogP contribution in [-0.4, -0.2) is 42.7 Å². The molecule has 0 N–H and O–H groups in total. The maximum absolute atomic E-state index is 13.4. The van der Waals surface area contributed by atoms with Gasteiger partial charge in [-0.1, -0.05) is 12.1 Å². The monoisotopic (exact) mass is 430 g/mol. The summed E-state index contributed by atoms with van der Waals surface area (Å²) in [5.74, 6) is 0.455. The number of fused-ring (bicyclic) bond motifs is 2. The van der Waals surface area contributed by atoms with Crippen molar-refractivity contribution in [3.8, 4) is 22.5 Å². The Balaban J connectivity index is 1.47. The highest BCUT2D eigenvalue weighted by Gasteiger charge is 2.35. The molecule has 0 saturated carbocycles. The second-order valence-corrected chi connectivity index (χ2v) is 8.70. The summed E-state index contributed by atoms with van der Waals surface area (Å²) in [4.78, 5) is 16.1. The van der Waals surface area contributed by atoms with E-state index in [0.29, 0.717) is 5.82 Å². The van der Waals surface area contributed by atoms with Gasteiger partial charge in [-0.15, -0.1) is 5.10 Å². The largest absolute Gasteiger partial charge is 0.278 e. The van der Waals surface area contributed by atoms with Crippen molar-refractivity contribution in [2.24, 2.45) is 0 Å². The zero-order valence-corrected chi connectivity index (χ0v) is 17.5. The van der Waals surface area contributed by atoms with Crippen LogP contribution in [0.15, 0.2) is 71.2 Å². The van der Waals surface area contributed by atoms with Crippen LogP contribution < -0.4 is 0 Å². The van der Waals surface area contributed by atoms with Gasteiger partial charge in [-0.3, -0.25) is 9.88 Å². The molecule has 1 aromatic carbocycles. The van der Waals surface area contributed by atoms with Crippen molar-refractivity contribution < 1.29 is 4.39 Å². The molecule has 0 amide bonds. The van der Waals surface area contributed by atoms with Gasteiger partial charge in [0.2, 0.25) is 0 Å². The number of hydrogen-bond donors (Lipinski definition) is 0. The van der Waals surface area contributed by atoms with E-state index in [4.69, 9.17) is 15.1 Å². The minimum absolute atomic E-state index is 0.0512. The highest BCUT2D eigenvalue weighted by atomic mass is 32.2. The van der Waals surface area contributed by atoms with Crippen LogP contribution in [0.3, 0.4) is 0 Å². The number of benzene rings is 1. The minimum atomic E-state index is -0.240. The Morgan fingerprint density at radius 1 is 0.935 bits per heavy atom. The lowest BCUT2D eigenvalue weighted by molar-refractivity contribution is 0.182. The van der Waals surface area contributed by atoms with Gasteiger partial charge in [0, 0.05) is 48.4 Å². The van der Waals surface area contributed by atoms with Crippen LogP contribution in [0.25, 0.3) is 22.5 Å². The van der Waals surface area contributed by atoms with Crippen LogP contribution in [-0.2, 0) is 0 Å². The molecular formula is C23H19FN6S. The number of halogens is 1. The SMILES string of the molecule is Fc1ccc(-c2cnc3c(c2)[C@@H](N2CCCC2)n2nc(-c4ccncc4)nc2S3)cc1. The summed E-state index contributed by atoms with van der Waals surface area (Å²) in [5.41, 5.74) is 3.99. The van der Waals surface area contributed by atoms with Crippen LogP contribution in [0.5, 0.6) is 0 Å². The number of nitrogens with zero attached hydrogens (tertiary/aromatic N) is 6. The van der Waals surface area contributed by atoms with E-state index in [1.165, 1.54) is 25.0 Å². The zero-order chi connectivity index (χ0) is 20.8. The lowest BCUT2D eigenvalue weighted by Gasteiger charge is -2.32. The Bertz CT molecular complexity index is 1230. The smallest absolute Gasteiger partial charge is 0.194 e. The number of likely N-dealkylation sites (tertiary alicyclic amines) is 1. The first-order valence-corrected chi connectivity index (χ1v) is 11.1. The third kappa shape index (κ3) is 3.32. The highest BCUT2D eigenvalue weighted by molar-refractivity contribution is 7.99. The fraction of sp³-hybridized carbons (Fsp3) is 0.217. The molecule has 6 nitrogen and oxygen atoms in total. The second kappa shape index (κ2) is 7.55. The van der Waals surface area contributed by atoms with Crippen LogP contribution in [0, 0.1) is 5.82 Å². The lowest BCUT2D eigenvalue weighted by Crippen LogP contribution is -2.34. The Morgan fingerprint density at radius 3 is 2.48 bits per heavy atom. The van der Waals surface area contributed by atoms with E-state index in [-0.39, 0.29) is 12.0 Å². The number of pyridine rings is 2. The van der Waals surface area contributed by atoms with Gasteiger partial charge in [0.05, 0.1) is 0 Å². The average molecular weight is 431 g/mol. The Hall–Kier alpha value is -3.10. The van der Waals surface area contributed by atoms with Crippen LogP contribution in [0.1, 0.15) is 24.6 Å². The molecule has 4 aromatic rings. The first kappa shape index (κ1) is 18.7. The van der Waals surface area contributed by atoms with Crippen molar-refractivity contribution in [1.29, 1.82) is 0 Å². The van der Waals surface area contributed by atoms with Crippen molar-refractivity contribution in [3.05, 3.63) is 72.4 Å². The normalized spacial score (nSPS) is 18.0. The van der Waals surface area contributed by atoms with E-state index in [0.717, 1.165) is 45.5 Å². The summed E-state index contributed by atoms with van der Waals surface area (Å²) in [6.45, 7) is 2.03. The quantitative estimate of drug-likeness (QED) is 0.472. The predicted molar refractivity (Wildman–Crippen MR) is 116 cm³/mol. The van der Waals surface area contributed by atoms with Gasteiger partial charge < -0.3 is 0 Å². The van der Waals surface area contributed by atoms with Gasteiger partial charge >= 0.3 is 0 Å². The molecule has 1 atom stereocenters. The van der Waals surface area contributed by atoms with E-state index in [2.05, 4.69) is 16.0 Å². The molecule has 31 heavy (non-hydrogen) atoms. The average Bonchev–Trinajstić information content (AvgIpc) is 3.48. The molecule has 154 valence electrons. The van der Waals surface area contributed by atoms with Crippen LogP contribution >= 0.6 is 11.8 Å². The standard InChI is InChI=1S/C23H19FN6S/c24-18-5-3-15(4-6-18)17-13-19-21(26-14-17)31-23-27-20(16-7-9-25-10-8-16)28-30(23)22(19)29-11-1-2-12-29/h3-10,13-14,22H,1-2,11-12H2/t22-/m0/s1. The molecule has 8 heteroatoms. The van der Waals surface area contributed by atoms with Crippen molar-refractivity contribution in [1.82, 2.24) is 29.6 Å². The van der Waals surface area contributed by atoms with Crippen molar-refractivity contribution >= 4 is 11.8 Å². The van der Waals surface area contributed by atoms with Crippen molar-refractivity contribution in [2.75, 3.05) is 13.1 Å². The van der Waals surface area contributed by atoms with Gasteiger partial charge in [0.15, 0.2) is 11.0 Å². The first-order valence-electron chi connectivity index (χ1n) is 10.3. The van der Waals surface area contributed by atoms with Crippen LogP contribution in [0.2, 0.25) is 0 Å². The molecular weight excluding hydrogens is 411 g/mol. The van der Waals surface area contributed by atoms with Gasteiger partial charge in [0.1, 0.15) is 17.0 Å². The molecule has 3 aromatic heterocycles. The summed E-state index contributed by atoms with van der Waals surface area (Å²) < 4.78 is 15.4. The van der Waals surface area contributed by atoms with E-state index in [1.54, 1.807) is 36.3 Å². The molecule has 1 saturated heterocycles. The number of rotatable bonds is 3. The molecule has 5 heterocycles. The highest BCUT2D eigenvalue weighted by Crippen LogP contribution is 2.43. The summed E-state index contributed by atoms with van der Waals surface area (Å²) in [6, 6.07) is 12.6. The Kier molecular flexibility index (Phi) is 4.54. The molecule has 0 aliphatic carbocycles. The summed E-state index contributed by atoms with van der Waals surface area (Å²) >= 11 is 1.54. The lowest BCUT2D eigenvalue weighted by atomic mass is 10.0. The van der Waals surface area contributed by atoms with E-state index >= 15 is 0 Å². The zero-order valence-electron chi connectivity index (χ0n) is 16.6. The maximum Gasteiger partial charge on any atom is 0.194 e. The van der Waals surface area contributed by atoms with Gasteiger partial charge in [-0.05, 0) is 60.5 Å². The first-order chi connectivity index (χ1) is 15.3. The molecule has 0 radical (unpaired) electrons. The maximum atomic E-state index is 13.4. The van der Waals surface area contributed by atoms with Crippen molar-refractivity contribution in [3.63, 3.8) is 0 Å². The predicted octanol–water partition coefficient (Wildman–Crippen LogP) is 4.65. The molecule has 0 unspecified atom stereocenters. The molecule has 2 aliphatic rings. The van der Waals surface area contributed by atoms with Crippen LogP contribution in [0.4, 0.5) is 4.39 Å². The minimum Gasteiger partial charge on any atom is -0.278 e. The number of aromatic nitrogens is 5. The molecule has 6 rings (SSSR count). The fourth-order valence-electron chi connectivity index (χ4n) is 4.26. The number of hydrogen-bond acceptors (Lipinski definition) is 6. The summed E-state index contributed by atoms with van der Waals surface area (Å²) in [6.07, 6.45) is 7.66. The Morgan fingerprint density at radius 2 is 1.71 bits per heavy atom. The third-order valence-electron chi connectivity index (χ3n) is 5.78. The van der Waals surface area contributed by atoms with E-state index in [1.807, 2.05) is 23.0 Å². The summed E-state index contributed by atoms with van der Waals surface area (Å²) in [5, 5.41) is 6.69. The third-order valence-corrected chi connectivity index (χ3v) is 6.77. The second-order valence-electron chi connectivity index (χ2n) is 7.74. The topological polar surface area (TPSA) is 59.7 Å². The van der Waals surface area contributed by atoms with Gasteiger partial charge in [-0.25, -0.2) is 19.0 Å². The van der Waals surface area contributed by atoms with Gasteiger partial charge in [0.25, 0.3) is 0 Å². The molecule has 0 bridgehead atoms. The molecule has 1 fully saturated rings. The van der Waals surface area contributed by atoms with E-state index < -0.39 is 0 Å². The van der Waals surface area contributed by atoms with E-state index in [9.17, 15) is 4.39 Å².